The summed E-state index contributed by atoms with van der Waals surface area (Å²) in [7, 11) is 1.74. The first-order valence-corrected chi connectivity index (χ1v) is 11.4. The van der Waals surface area contributed by atoms with Crippen LogP contribution in [-0.4, -0.2) is 102 Å². The number of alkyl carbamates (subject to hydrolysis) is 1. The summed E-state index contributed by atoms with van der Waals surface area (Å²) in [5, 5.41) is 20.1. The van der Waals surface area contributed by atoms with Gasteiger partial charge in [-0.2, -0.15) is 0 Å². The first-order chi connectivity index (χ1) is 16.3. The van der Waals surface area contributed by atoms with Crippen LogP contribution in [0.2, 0.25) is 0 Å². The molecule has 12 heteroatoms. The normalized spacial score (nSPS) is 12.8. The minimum absolute atomic E-state index is 0.0151. The maximum atomic E-state index is 12.1. The van der Waals surface area contributed by atoms with E-state index in [0.29, 0.717) is 25.9 Å². The molecule has 0 radical (unpaired) electrons. The van der Waals surface area contributed by atoms with E-state index < -0.39 is 23.6 Å². The Balaban J connectivity index is 0.00000170. The Morgan fingerprint density at radius 2 is 1.54 bits per heavy atom. The Bertz CT molecular complexity index is 765. The Hall–Kier alpha value is -3.33. The van der Waals surface area contributed by atoms with Crippen LogP contribution in [0, 0.1) is 11.8 Å². The Labute approximate surface area is 206 Å². The maximum Gasteiger partial charge on any atom is 0.414 e. The third kappa shape index (κ3) is 18.7. The molecule has 0 aromatic heterocycles. The molecule has 198 valence electrons. The van der Waals surface area contributed by atoms with E-state index in [0.717, 1.165) is 19.6 Å². The molecule has 12 nitrogen and oxygen atoms in total. The third-order valence-electron chi connectivity index (χ3n) is 4.46. The van der Waals surface area contributed by atoms with E-state index in [1.54, 1.807) is 32.7 Å². The van der Waals surface area contributed by atoms with E-state index in [1.165, 1.54) is 12.8 Å². The van der Waals surface area contributed by atoms with Crippen molar-refractivity contribution in [3.8, 4) is 11.8 Å². The summed E-state index contributed by atoms with van der Waals surface area (Å²) < 4.78 is 5.09. The standard InChI is InChI=1S/C21H36N4O4.C2H2O4/c1-21(2,3)29-20(28)23-13-11-18(26)22-12-9-10-19(27)24(4)14-5-6-15-25-16-7-8-17-25;3-1(4)2(5)6/h7-17H2,1-4H3,(H,22,26)(H,23,28);(H,3,4)(H,5,6). The van der Waals surface area contributed by atoms with Crippen molar-refractivity contribution >= 4 is 29.8 Å². The topological polar surface area (TPSA) is 166 Å². The molecule has 3 amide bonds. The molecule has 0 aliphatic carbocycles. The number of amides is 3. The summed E-state index contributed by atoms with van der Waals surface area (Å²) >= 11 is 0. The van der Waals surface area contributed by atoms with Crippen LogP contribution >= 0.6 is 0 Å². The lowest BCUT2D eigenvalue weighted by Gasteiger charge is -2.19. The molecular formula is C23H38N4O8. The van der Waals surface area contributed by atoms with E-state index in [4.69, 9.17) is 24.5 Å². The predicted octanol–water partition coefficient (Wildman–Crippen LogP) is 0.511. The van der Waals surface area contributed by atoms with Gasteiger partial charge < -0.3 is 30.5 Å². The van der Waals surface area contributed by atoms with Crippen LogP contribution in [0.25, 0.3) is 0 Å². The first kappa shape index (κ1) is 31.7. The van der Waals surface area contributed by atoms with E-state index in [9.17, 15) is 14.4 Å². The molecule has 0 spiro atoms. The summed E-state index contributed by atoms with van der Waals surface area (Å²) in [5.41, 5.74) is -0.564. The van der Waals surface area contributed by atoms with Crippen LogP contribution in [0.3, 0.4) is 0 Å². The van der Waals surface area contributed by atoms with Crippen molar-refractivity contribution in [2.75, 3.05) is 46.3 Å². The van der Waals surface area contributed by atoms with Gasteiger partial charge in [-0.1, -0.05) is 11.8 Å². The van der Waals surface area contributed by atoms with E-state index >= 15 is 0 Å². The molecule has 0 unspecified atom stereocenters. The molecule has 0 saturated carbocycles. The van der Waals surface area contributed by atoms with Gasteiger partial charge in [0.15, 0.2) is 0 Å². The smallest absolute Gasteiger partial charge is 0.414 e. The molecule has 0 aromatic rings. The van der Waals surface area contributed by atoms with Crippen molar-refractivity contribution in [1.82, 2.24) is 20.4 Å². The molecule has 1 fully saturated rings. The molecule has 0 atom stereocenters. The second-order valence-corrected chi connectivity index (χ2v) is 8.83. The molecule has 0 bridgehead atoms. The lowest BCUT2D eigenvalue weighted by molar-refractivity contribution is -0.159. The monoisotopic (exact) mass is 498 g/mol. The number of carbonyl (C=O) groups excluding carboxylic acids is 3. The summed E-state index contributed by atoms with van der Waals surface area (Å²) in [6.45, 7) is 9.40. The highest BCUT2D eigenvalue weighted by atomic mass is 16.6. The van der Waals surface area contributed by atoms with Gasteiger partial charge in [0.1, 0.15) is 5.60 Å². The largest absolute Gasteiger partial charge is 0.473 e. The van der Waals surface area contributed by atoms with Crippen LogP contribution in [-0.2, 0) is 23.9 Å². The van der Waals surface area contributed by atoms with Gasteiger partial charge in [-0.3, -0.25) is 14.5 Å². The van der Waals surface area contributed by atoms with Gasteiger partial charge in [-0.25, -0.2) is 14.4 Å². The molecule has 1 rings (SSSR count). The van der Waals surface area contributed by atoms with Gasteiger partial charge in [0.2, 0.25) is 11.8 Å². The number of ether oxygens (including phenoxy) is 1. The van der Waals surface area contributed by atoms with Crippen LogP contribution in [0.1, 0.15) is 52.9 Å². The summed E-state index contributed by atoms with van der Waals surface area (Å²) in [6, 6.07) is 0. The fraction of sp³-hybridized carbons (Fsp3) is 0.696. The van der Waals surface area contributed by atoms with Crippen molar-refractivity contribution in [3.63, 3.8) is 0 Å². The fourth-order valence-electron chi connectivity index (χ4n) is 2.71. The number of carboxylic acid groups (broad SMARTS) is 2. The summed E-state index contributed by atoms with van der Waals surface area (Å²) in [4.78, 5) is 57.4. The van der Waals surface area contributed by atoms with E-state index in [1.807, 2.05) is 0 Å². The number of carboxylic acids is 2. The summed E-state index contributed by atoms with van der Waals surface area (Å²) in [5.74, 6) is 2.36. The summed E-state index contributed by atoms with van der Waals surface area (Å²) in [6.07, 6.45) is 3.05. The lowest BCUT2D eigenvalue weighted by Crippen LogP contribution is -2.35. The molecule has 0 aromatic carbocycles. The van der Waals surface area contributed by atoms with Crippen LogP contribution in [0.15, 0.2) is 0 Å². The first-order valence-electron chi connectivity index (χ1n) is 11.4. The minimum Gasteiger partial charge on any atom is -0.473 e. The van der Waals surface area contributed by atoms with E-state index in [-0.39, 0.29) is 24.8 Å². The number of hydrogen-bond donors (Lipinski definition) is 4. The quantitative estimate of drug-likeness (QED) is 0.201. The number of carbonyl (C=O) groups is 5. The average Bonchev–Trinajstić information content (AvgIpc) is 3.26. The molecule has 1 heterocycles. The zero-order valence-corrected chi connectivity index (χ0v) is 21.0. The van der Waals surface area contributed by atoms with Crippen LogP contribution in [0.4, 0.5) is 4.79 Å². The van der Waals surface area contributed by atoms with Crippen molar-refractivity contribution in [3.05, 3.63) is 0 Å². The lowest BCUT2D eigenvalue weighted by atomic mass is 10.2. The number of nitrogens with one attached hydrogen (secondary N) is 2. The minimum atomic E-state index is -1.82. The number of nitrogens with zero attached hydrogens (tertiary/aromatic N) is 2. The number of aliphatic carboxylic acids is 2. The van der Waals surface area contributed by atoms with Gasteiger partial charge in [0.05, 0.1) is 13.1 Å². The predicted molar refractivity (Wildman–Crippen MR) is 127 cm³/mol. The van der Waals surface area contributed by atoms with Gasteiger partial charge >= 0.3 is 18.0 Å². The van der Waals surface area contributed by atoms with Crippen LogP contribution in [0.5, 0.6) is 0 Å². The Kier molecular flexibility index (Phi) is 15.5. The maximum absolute atomic E-state index is 12.1. The third-order valence-corrected chi connectivity index (χ3v) is 4.46. The molecule has 4 N–H and O–H groups in total. The fourth-order valence-corrected chi connectivity index (χ4v) is 2.71. The van der Waals surface area contributed by atoms with Gasteiger partial charge in [-0.05, 0) is 53.1 Å². The Morgan fingerprint density at radius 3 is 2.09 bits per heavy atom. The van der Waals surface area contributed by atoms with Crippen molar-refractivity contribution in [2.45, 2.75) is 58.5 Å². The highest BCUT2D eigenvalue weighted by Gasteiger charge is 2.16. The average molecular weight is 499 g/mol. The van der Waals surface area contributed by atoms with Gasteiger partial charge in [0, 0.05) is 33.0 Å². The molecule has 35 heavy (non-hydrogen) atoms. The Morgan fingerprint density at radius 1 is 0.943 bits per heavy atom. The van der Waals surface area contributed by atoms with Gasteiger partial charge in [-0.15, -0.1) is 0 Å². The number of likely N-dealkylation sites (tertiary alicyclic amines) is 1. The molecular weight excluding hydrogens is 460 g/mol. The van der Waals surface area contributed by atoms with Crippen molar-refractivity contribution in [1.29, 1.82) is 0 Å². The number of hydrogen-bond acceptors (Lipinski definition) is 7. The highest BCUT2D eigenvalue weighted by molar-refractivity contribution is 6.27. The number of rotatable bonds is 9. The van der Waals surface area contributed by atoms with Crippen molar-refractivity contribution in [2.24, 2.45) is 0 Å². The SMILES string of the molecule is CN(CC#CCN1CCCC1)C(=O)CCCNC(=O)CCNC(=O)OC(C)(C)C.O=C(O)C(=O)O. The second-order valence-electron chi connectivity index (χ2n) is 8.83. The van der Waals surface area contributed by atoms with E-state index in [2.05, 4.69) is 27.4 Å². The molecule has 1 aliphatic heterocycles. The highest BCUT2D eigenvalue weighted by Crippen LogP contribution is 2.06. The second kappa shape index (κ2) is 17.2. The zero-order chi connectivity index (χ0) is 26.9. The molecule has 1 saturated heterocycles. The molecule has 1 aliphatic rings. The zero-order valence-electron chi connectivity index (χ0n) is 21.0. The van der Waals surface area contributed by atoms with Crippen LogP contribution < -0.4 is 10.6 Å². The van der Waals surface area contributed by atoms with Gasteiger partial charge in [0.25, 0.3) is 0 Å². The van der Waals surface area contributed by atoms with Crippen molar-refractivity contribution < 1.29 is 38.9 Å².